The van der Waals surface area contributed by atoms with E-state index < -0.39 is 0 Å². The fourth-order valence-corrected chi connectivity index (χ4v) is 2.14. The zero-order valence-corrected chi connectivity index (χ0v) is 13.2. The van der Waals surface area contributed by atoms with E-state index in [1.165, 1.54) is 5.56 Å². The first kappa shape index (κ1) is 13.7. The summed E-state index contributed by atoms with van der Waals surface area (Å²) >= 11 is 8.13. The second-order valence-electron chi connectivity index (χ2n) is 4.63. The zero-order chi connectivity index (χ0) is 13.1. The molecule has 94 valence electrons. The topological polar surface area (TPSA) is 25.8 Å². The summed E-state index contributed by atoms with van der Waals surface area (Å²) in [5, 5.41) is 0.506. The van der Waals surface area contributed by atoms with Crippen molar-refractivity contribution in [3.05, 3.63) is 44.7 Å². The third kappa shape index (κ3) is 3.42. The van der Waals surface area contributed by atoms with Crippen LogP contribution in [0, 0.1) is 9.49 Å². The van der Waals surface area contributed by atoms with Crippen molar-refractivity contribution in [2.75, 3.05) is 0 Å². The molecule has 1 aromatic carbocycles. The van der Waals surface area contributed by atoms with Gasteiger partial charge in [-0.15, -0.1) is 0 Å². The maximum absolute atomic E-state index is 6.01. The lowest BCUT2D eigenvalue weighted by molar-refractivity contribution is 0.647. The highest BCUT2D eigenvalue weighted by molar-refractivity contribution is 14.1. The van der Waals surface area contributed by atoms with Crippen molar-refractivity contribution in [1.29, 1.82) is 0 Å². The van der Waals surface area contributed by atoms with E-state index in [-0.39, 0.29) is 0 Å². The lowest BCUT2D eigenvalue weighted by Gasteiger charge is -2.06. The van der Waals surface area contributed by atoms with Crippen LogP contribution in [0.15, 0.2) is 30.5 Å². The molecular formula is C14H14ClIN2. The number of benzene rings is 1. The molecule has 0 aliphatic heterocycles. The first-order valence-electron chi connectivity index (χ1n) is 5.83. The van der Waals surface area contributed by atoms with Crippen molar-refractivity contribution in [3.8, 4) is 11.4 Å². The highest BCUT2D eigenvalue weighted by atomic mass is 127. The lowest BCUT2D eigenvalue weighted by atomic mass is 10.0. The van der Waals surface area contributed by atoms with Crippen LogP contribution < -0.4 is 0 Å². The van der Waals surface area contributed by atoms with Gasteiger partial charge in [0.2, 0.25) is 0 Å². The number of hydrogen-bond acceptors (Lipinski definition) is 2. The molecule has 2 nitrogen and oxygen atoms in total. The minimum atomic E-state index is 0.506. The Balaban J connectivity index is 2.25. The lowest BCUT2D eigenvalue weighted by Crippen LogP contribution is -1.95. The summed E-state index contributed by atoms with van der Waals surface area (Å²) in [5.41, 5.74) is 2.34. The van der Waals surface area contributed by atoms with Gasteiger partial charge >= 0.3 is 0 Å². The summed E-state index contributed by atoms with van der Waals surface area (Å²) < 4.78 is 0.870. The molecule has 0 N–H and O–H groups in total. The Morgan fingerprint density at radius 3 is 2.44 bits per heavy atom. The van der Waals surface area contributed by atoms with Gasteiger partial charge in [-0.1, -0.05) is 49.7 Å². The summed E-state index contributed by atoms with van der Waals surface area (Å²) in [6.07, 6.45) is 2.84. The molecule has 1 aromatic heterocycles. The van der Waals surface area contributed by atoms with Crippen LogP contribution in [0.1, 0.15) is 19.4 Å². The predicted molar refractivity (Wildman–Crippen MR) is 83.7 cm³/mol. The van der Waals surface area contributed by atoms with Gasteiger partial charge in [0.05, 0.1) is 3.57 Å². The molecule has 0 fully saturated rings. The molecule has 4 heteroatoms. The Morgan fingerprint density at radius 1 is 1.22 bits per heavy atom. The maximum atomic E-state index is 6.01. The molecule has 0 aliphatic rings. The van der Waals surface area contributed by atoms with E-state index in [2.05, 4.69) is 70.7 Å². The van der Waals surface area contributed by atoms with E-state index in [9.17, 15) is 0 Å². The van der Waals surface area contributed by atoms with Crippen LogP contribution in [0.3, 0.4) is 0 Å². The van der Waals surface area contributed by atoms with Gasteiger partial charge in [0.1, 0.15) is 5.15 Å². The molecule has 0 saturated carbocycles. The quantitative estimate of drug-likeness (QED) is 0.581. The third-order valence-corrected chi connectivity index (χ3v) is 3.95. The fraction of sp³-hybridized carbons (Fsp3) is 0.286. The van der Waals surface area contributed by atoms with Gasteiger partial charge in [0.15, 0.2) is 5.82 Å². The van der Waals surface area contributed by atoms with Crippen molar-refractivity contribution in [1.82, 2.24) is 9.97 Å². The standard InChI is InChI=1S/C14H14ClIN2/c1-9(2)7-10-3-5-11(6-4-10)14-17-8-12(16)13(15)18-14/h3-6,8-9H,7H2,1-2H3. The van der Waals surface area contributed by atoms with Crippen LogP contribution in [0.4, 0.5) is 0 Å². The average molecular weight is 373 g/mol. The van der Waals surface area contributed by atoms with Gasteiger partial charge in [-0.05, 0) is 40.5 Å². The molecule has 0 atom stereocenters. The Kier molecular flexibility index (Phi) is 4.56. The number of halogens is 2. The van der Waals surface area contributed by atoms with Crippen molar-refractivity contribution >= 4 is 34.2 Å². The molecule has 0 spiro atoms. The molecule has 2 rings (SSSR count). The van der Waals surface area contributed by atoms with Crippen LogP contribution >= 0.6 is 34.2 Å². The van der Waals surface area contributed by atoms with Crippen LogP contribution in [0.2, 0.25) is 5.15 Å². The second kappa shape index (κ2) is 5.97. The molecule has 0 unspecified atom stereocenters. The van der Waals surface area contributed by atoms with Crippen LogP contribution in [0.5, 0.6) is 0 Å². The Labute approximate surface area is 126 Å². The highest BCUT2D eigenvalue weighted by Gasteiger charge is 2.05. The van der Waals surface area contributed by atoms with Crippen molar-refractivity contribution in [2.24, 2.45) is 5.92 Å². The second-order valence-corrected chi connectivity index (χ2v) is 6.15. The fourth-order valence-electron chi connectivity index (χ4n) is 1.75. The van der Waals surface area contributed by atoms with Crippen LogP contribution in [0.25, 0.3) is 11.4 Å². The SMILES string of the molecule is CC(C)Cc1ccc(-c2ncc(I)c(Cl)n2)cc1. The average Bonchev–Trinajstić information content (AvgIpc) is 2.33. The van der Waals surface area contributed by atoms with Gasteiger partial charge in [0, 0.05) is 11.8 Å². The van der Waals surface area contributed by atoms with Crippen molar-refractivity contribution < 1.29 is 0 Å². The molecule has 18 heavy (non-hydrogen) atoms. The van der Waals surface area contributed by atoms with Crippen LogP contribution in [-0.4, -0.2) is 9.97 Å². The van der Waals surface area contributed by atoms with E-state index in [1.54, 1.807) is 6.20 Å². The van der Waals surface area contributed by atoms with Gasteiger partial charge in [-0.3, -0.25) is 0 Å². The summed E-state index contributed by atoms with van der Waals surface area (Å²) in [5.74, 6) is 1.34. The van der Waals surface area contributed by atoms with Crippen LogP contribution in [-0.2, 0) is 6.42 Å². The normalized spacial score (nSPS) is 10.9. The smallest absolute Gasteiger partial charge is 0.160 e. The number of nitrogens with zero attached hydrogens (tertiary/aromatic N) is 2. The largest absolute Gasteiger partial charge is 0.235 e. The molecule has 0 saturated heterocycles. The van der Waals surface area contributed by atoms with Crippen molar-refractivity contribution in [2.45, 2.75) is 20.3 Å². The van der Waals surface area contributed by atoms with Gasteiger partial charge in [-0.2, -0.15) is 0 Å². The molecular weight excluding hydrogens is 359 g/mol. The summed E-state index contributed by atoms with van der Waals surface area (Å²) in [4.78, 5) is 8.58. The minimum Gasteiger partial charge on any atom is -0.235 e. The summed E-state index contributed by atoms with van der Waals surface area (Å²) in [6.45, 7) is 4.44. The Bertz CT molecular complexity index is 538. The first-order valence-corrected chi connectivity index (χ1v) is 7.29. The number of aromatic nitrogens is 2. The van der Waals surface area contributed by atoms with Gasteiger partial charge in [0.25, 0.3) is 0 Å². The van der Waals surface area contributed by atoms with E-state index in [0.717, 1.165) is 15.6 Å². The first-order chi connectivity index (χ1) is 8.56. The molecule has 0 bridgehead atoms. The minimum absolute atomic E-state index is 0.506. The van der Waals surface area contributed by atoms with Crippen molar-refractivity contribution in [3.63, 3.8) is 0 Å². The molecule has 0 radical (unpaired) electrons. The number of hydrogen-bond donors (Lipinski definition) is 0. The monoisotopic (exact) mass is 372 g/mol. The zero-order valence-electron chi connectivity index (χ0n) is 10.3. The molecule has 0 aliphatic carbocycles. The third-order valence-electron chi connectivity index (χ3n) is 2.56. The maximum Gasteiger partial charge on any atom is 0.160 e. The van der Waals surface area contributed by atoms with Gasteiger partial charge in [-0.25, -0.2) is 9.97 Å². The molecule has 2 aromatic rings. The highest BCUT2D eigenvalue weighted by Crippen LogP contribution is 2.21. The summed E-state index contributed by atoms with van der Waals surface area (Å²) in [7, 11) is 0. The Morgan fingerprint density at radius 2 is 1.89 bits per heavy atom. The summed E-state index contributed by atoms with van der Waals surface area (Å²) in [6, 6.07) is 8.36. The Hall–Kier alpha value is -0.680. The van der Waals surface area contributed by atoms with Gasteiger partial charge < -0.3 is 0 Å². The van der Waals surface area contributed by atoms with E-state index in [0.29, 0.717) is 16.9 Å². The number of rotatable bonds is 3. The molecule has 1 heterocycles. The predicted octanol–water partition coefficient (Wildman–Crippen LogP) is 4.60. The molecule has 0 amide bonds. The van der Waals surface area contributed by atoms with E-state index >= 15 is 0 Å². The van der Waals surface area contributed by atoms with E-state index in [1.807, 2.05) is 0 Å². The van der Waals surface area contributed by atoms with E-state index in [4.69, 9.17) is 11.6 Å².